The van der Waals surface area contributed by atoms with Crippen molar-refractivity contribution in [1.82, 2.24) is 9.97 Å². The Labute approximate surface area is 119 Å². The molecule has 0 aliphatic rings. The van der Waals surface area contributed by atoms with E-state index in [1.165, 1.54) is 17.5 Å². The fourth-order valence-electron chi connectivity index (χ4n) is 1.47. The lowest BCUT2D eigenvalue weighted by Gasteiger charge is -2.14. The number of hydrogen-bond acceptors (Lipinski definition) is 6. The van der Waals surface area contributed by atoms with Crippen molar-refractivity contribution in [2.45, 2.75) is 19.4 Å². The van der Waals surface area contributed by atoms with Gasteiger partial charge in [-0.25, -0.2) is 9.78 Å². The minimum absolute atomic E-state index is 0.313. The number of carbonyl (C=O) groups excluding carboxylic acids is 2. The summed E-state index contributed by atoms with van der Waals surface area (Å²) >= 11 is 1.30. The number of aromatic nitrogens is 2. The predicted octanol–water partition coefficient (Wildman–Crippen LogP) is 2.11. The minimum atomic E-state index is -0.855. The van der Waals surface area contributed by atoms with Gasteiger partial charge in [-0.1, -0.05) is 6.92 Å². The van der Waals surface area contributed by atoms with E-state index in [1.54, 1.807) is 36.8 Å². The van der Waals surface area contributed by atoms with Gasteiger partial charge >= 0.3 is 5.97 Å². The molecule has 2 rings (SSSR count). The first-order chi connectivity index (χ1) is 9.70. The topological polar surface area (TPSA) is 81.2 Å². The Kier molecular flexibility index (Phi) is 4.78. The van der Waals surface area contributed by atoms with Crippen molar-refractivity contribution in [3.05, 3.63) is 41.7 Å². The van der Waals surface area contributed by atoms with Crippen LogP contribution in [0.4, 0.5) is 5.13 Å². The summed E-state index contributed by atoms with van der Waals surface area (Å²) in [6.07, 6.45) is 4.06. The molecule has 20 heavy (non-hydrogen) atoms. The Balaban J connectivity index is 1.98. The number of ether oxygens (including phenoxy) is 1. The number of rotatable bonds is 5. The Morgan fingerprint density at radius 2 is 2.30 bits per heavy atom. The molecule has 0 spiro atoms. The number of pyridine rings is 1. The molecule has 1 unspecified atom stereocenters. The quantitative estimate of drug-likeness (QED) is 0.853. The smallest absolute Gasteiger partial charge is 0.340 e. The molecule has 2 aromatic rings. The average Bonchev–Trinajstić information content (AvgIpc) is 2.98. The van der Waals surface area contributed by atoms with Gasteiger partial charge in [-0.05, 0) is 18.6 Å². The predicted molar refractivity (Wildman–Crippen MR) is 74.5 cm³/mol. The molecule has 0 saturated heterocycles. The van der Waals surface area contributed by atoms with E-state index in [0.29, 0.717) is 17.1 Å². The first kappa shape index (κ1) is 14.1. The Morgan fingerprint density at radius 1 is 1.45 bits per heavy atom. The van der Waals surface area contributed by atoms with Gasteiger partial charge < -0.3 is 4.74 Å². The van der Waals surface area contributed by atoms with Crippen LogP contribution in [-0.4, -0.2) is 27.9 Å². The Bertz CT molecular complexity index is 572. The Morgan fingerprint density at radius 3 is 2.90 bits per heavy atom. The zero-order valence-corrected chi connectivity index (χ0v) is 11.6. The number of amides is 1. The second kappa shape index (κ2) is 6.76. The molecule has 1 N–H and O–H groups in total. The Hall–Kier alpha value is -2.28. The SMILES string of the molecule is CCC(OC(=O)c1cccnc1)C(=O)Nc1nccs1. The molecule has 0 aliphatic heterocycles. The number of nitrogens with one attached hydrogen (secondary N) is 1. The van der Waals surface area contributed by atoms with Gasteiger partial charge in [0.2, 0.25) is 0 Å². The standard InChI is InChI=1S/C13H13N3O3S/c1-2-10(11(17)16-13-15-6-7-20-13)19-12(18)9-4-3-5-14-8-9/h3-8,10H,2H2,1H3,(H,15,16,17). The van der Waals surface area contributed by atoms with Crippen LogP contribution in [0.1, 0.15) is 23.7 Å². The van der Waals surface area contributed by atoms with E-state index in [1.807, 2.05) is 0 Å². The molecule has 2 aromatic heterocycles. The van der Waals surface area contributed by atoms with Crippen molar-refractivity contribution in [1.29, 1.82) is 0 Å². The zero-order valence-electron chi connectivity index (χ0n) is 10.8. The summed E-state index contributed by atoms with van der Waals surface area (Å²) in [4.78, 5) is 31.6. The third-order valence-electron chi connectivity index (χ3n) is 2.47. The van der Waals surface area contributed by atoms with Crippen LogP contribution in [0, 0.1) is 0 Å². The summed E-state index contributed by atoms with van der Waals surface area (Å²) in [7, 11) is 0. The van der Waals surface area contributed by atoms with E-state index in [4.69, 9.17) is 4.74 Å². The highest BCUT2D eigenvalue weighted by molar-refractivity contribution is 7.13. The number of nitrogens with zero attached hydrogens (tertiary/aromatic N) is 2. The van der Waals surface area contributed by atoms with Gasteiger partial charge in [-0.15, -0.1) is 11.3 Å². The first-order valence-corrected chi connectivity index (χ1v) is 6.90. The minimum Gasteiger partial charge on any atom is -0.449 e. The number of thiazole rings is 1. The lowest BCUT2D eigenvalue weighted by molar-refractivity contribution is -0.124. The molecular weight excluding hydrogens is 278 g/mol. The van der Waals surface area contributed by atoms with Crippen LogP contribution in [-0.2, 0) is 9.53 Å². The third-order valence-corrected chi connectivity index (χ3v) is 3.16. The molecule has 0 saturated carbocycles. The summed E-state index contributed by atoms with van der Waals surface area (Å²) in [5.41, 5.74) is 0.313. The van der Waals surface area contributed by atoms with E-state index in [9.17, 15) is 9.59 Å². The van der Waals surface area contributed by atoms with Crippen molar-refractivity contribution in [3.63, 3.8) is 0 Å². The first-order valence-electron chi connectivity index (χ1n) is 6.02. The monoisotopic (exact) mass is 291 g/mol. The van der Waals surface area contributed by atoms with Crippen molar-refractivity contribution < 1.29 is 14.3 Å². The highest BCUT2D eigenvalue weighted by Gasteiger charge is 2.22. The molecule has 1 amide bonds. The van der Waals surface area contributed by atoms with Crippen LogP contribution in [0.5, 0.6) is 0 Å². The zero-order chi connectivity index (χ0) is 14.4. The fraction of sp³-hybridized carbons (Fsp3) is 0.231. The molecule has 104 valence electrons. The van der Waals surface area contributed by atoms with E-state index < -0.39 is 12.1 Å². The van der Waals surface area contributed by atoms with Gasteiger partial charge in [0.1, 0.15) is 0 Å². The summed E-state index contributed by atoms with van der Waals surface area (Å²) in [6, 6.07) is 3.22. The van der Waals surface area contributed by atoms with Crippen LogP contribution in [0.3, 0.4) is 0 Å². The average molecular weight is 291 g/mol. The van der Waals surface area contributed by atoms with E-state index in [2.05, 4.69) is 15.3 Å². The van der Waals surface area contributed by atoms with E-state index in [-0.39, 0.29) is 5.91 Å². The maximum absolute atomic E-state index is 12.0. The van der Waals surface area contributed by atoms with Crippen LogP contribution >= 0.6 is 11.3 Å². The molecule has 7 heteroatoms. The molecule has 0 aromatic carbocycles. The summed E-state index contributed by atoms with van der Waals surface area (Å²) < 4.78 is 5.18. The highest BCUT2D eigenvalue weighted by atomic mass is 32.1. The second-order valence-corrected chi connectivity index (χ2v) is 4.76. The molecule has 0 aliphatic carbocycles. The second-order valence-electron chi connectivity index (χ2n) is 3.87. The summed E-state index contributed by atoms with van der Waals surface area (Å²) in [5.74, 6) is -0.959. The number of carbonyl (C=O) groups is 2. The third kappa shape index (κ3) is 3.61. The van der Waals surface area contributed by atoms with Gasteiger partial charge in [-0.3, -0.25) is 15.1 Å². The van der Waals surface area contributed by atoms with Crippen molar-refractivity contribution in [2.75, 3.05) is 5.32 Å². The normalized spacial score (nSPS) is 11.7. The van der Waals surface area contributed by atoms with Crippen molar-refractivity contribution >= 4 is 28.3 Å². The molecule has 2 heterocycles. The molecule has 6 nitrogen and oxygen atoms in total. The lowest BCUT2D eigenvalue weighted by Crippen LogP contribution is -2.32. The van der Waals surface area contributed by atoms with Gasteiger partial charge in [0, 0.05) is 24.0 Å². The van der Waals surface area contributed by atoms with Gasteiger partial charge in [0.05, 0.1) is 5.56 Å². The maximum Gasteiger partial charge on any atom is 0.340 e. The maximum atomic E-state index is 12.0. The molecule has 0 radical (unpaired) electrons. The number of esters is 1. The van der Waals surface area contributed by atoms with Gasteiger partial charge in [0.25, 0.3) is 5.91 Å². The van der Waals surface area contributed by atoms with Crippen LogP contribution in [0.25, 0.3) is 0 Å². The molecule has 0 bridgehead atoms. The van der Waals surface area contributed by atoms with Gasteiger partial charge in [-0.2, -0.15) is 0 Å². The summed E-state index contributed by atoms with van der Waals surface area (Å²) in [6.45, 7) is 1.77. The molecular formula is C13H13N3O3S. The lowest BCUT2D eigenvalue weighted by atomic mass is 10.2. The fourth-order valence-corrected chi connectivity index (χ4v) is 2.01. The van der Waals surface area contributed by atoms with Crippen molar-refractivity contribution in [2.24, 2.45) is 0 Å². The summed E-state index contributed by atoms with van der Waals surface area (Å²) in [5, 5.41) is 4.83. The van der Waals surface area contributed by atoms with Crippen LogP contribution < -0.4 is 5.32 Å². The number of anilines is 1. The highest BCUT2D eigenvalue weighted by Crippen LogP contribution is 2.13. The van der Waals surface area contributed by atoms with Gasteiger partial charge in [0.15, 0.2) is 11.2 Å². The van der Waals surface area contributed by atoms with E-state index in [0.717, 1.165) is 0 Å². The van der Waals surface area contributed by atoms with Crippen LogP contribution in [0.15, 0.2) is 36.1 Å². The molecule has 0 fully saturated rings. The largest absolute Gasteiger partial charge is 0.449 e. The van der Waals surface area contributed by atoms with Crippen LogP contribution in [0.2, 0.25) is 0 Å². The van der Waals surface area contributed by atoms with Crippen molar-refractivity contribution in [3.8, 4) is 0 Å². The van der Waals surface area contributed by atoms with E-state index >= 15 is 0 Å². The molecule has 1 atom stereocenters. The number of hydrogen-bond donors (Lipinski definition) is 1.